The zero-order chi connectivity index (χ0) is 20.7. The van der Waals surface area contributed by atoms with Crippen molar-refractivity contribution >= 4 is 35.3 Å². The highest BCUT2D eigenvalue weighted by molar-refractivity contribution is 7.98. The summed E-state index contributed by atoms with van der Waals surface area (Å²) < 4.78 is 11.8. The van der Waals surface area contributed by atoms with E-state index in [1.54, 1.807) is 37.5 Å². The van der Waals surface area contributed by atoms with Crippen LogP contribution >= 0.6 is 11.8 Å². The van der Waals surface area contributed by atoms with Crippen LogP contribution in [-0.4, -0.2) is 41.9 Å². The van der Waals surface area contributed by atoms with Crippen LogP contribution in [0.3, 0.4) is 0 Å². The first-order chi connectivity index (χ1) is 13.4. The van der Waals surface area contributed by atoms with E-state index >= 15 is 0 Å². The molecule has 0 fully saturated rings. The van der Waals surface area contributed by atoms with Gasteiger partial charge in [-0.05, 0) is 45.2 Å². The summed E-state index contributed by atoms with van der Waals surface area (Å²) in [6.45, 7) is 5.06. The number of nitrogens with one attached hydrogen (secondary N) is 1. The van der Waals surface area contributed by atoms with Crippen molar-refractivity contribution in [2.24, 2.45) is 0 Å². The minimum atomic E-state index is -0.564. The Morgan fingerprint density at radius 2 is 1.86 bits per heavy atom. The van der Waals surface area contributed by atoms with Gasteiger partial charge in [0.05, 0.1) is 17.9 Å². The average molecular weight is 404 g/mol. The number of benzene rings is 1. The Hall–Kier alpha value is -2.74. The molecular formula is C20H24N2O5S. The van der Waals surface area contributed by atoms with Gasteiger partial charge in [0.1, 0.15) is 6.54 Å². The van der Waals surface area contributed by atoms with Crippen LogP contribution in [0.2, 0.25) is 0 Å². The number of anilines is 1. The number of esters is 2. The Balaban J connectivity index is 1.94. The van der Waals surface area contributed by atoms with Gasteiger partial charge in [0.15, 0.2) is 6.61 Å². The maximum atomic E-state index is 12.2. The fourth-order valence-corrected chi connectivity index (χ4v) is 3.27. The van der Waals surface area contributed by atoms with Gasteiger partial charge < -0.3 is 19.4 Å². The molecule has 28 heavy (non-hydrogen) atoms. The highest BCUT2D eigenvalue weighted by Gasteiger charge is 2.19. The maximum absolute atomic E-state index is 12.2. The average Bonchev–Trinajstić information content (AvgIpc) is 2.95. The van der Waals surface area contributed by atoms with Gasteiger partial charge >= 0.3 is 11.9 Å². The maximum Gasteiger partial charge on any atom is 0.339 e. The number of amides is 1. The number of aryl methyl sites for hydroxylation is 1. The molecule has 150 valence electrons. The van der Waals surface area contributed by atoms with Crippen molar-refractivity contribution in [2.45, 2.75) is 32.2 Å². The molecule has 0 atom stereocenters. The molecule has 0 saturated heterocycles. The summed E-state index contributed by atoms with van der Waals surface area (Å²) in [5.41, 5.74) is 2.44. The number of carbonyl (C=O) groups excluding carboxylic acids is 3. The van der Waals surface area contributed by atoms with Crippen LogP contribution in [0.25, 0.3) is 0 Å². The summed E-state index contributed by atoms with van der Waals surface area (Å²) in [5, 5.41) is 2.73. The SMILES string of the molecule is CCOC(=O)c1cc(C)n(CC(=O)OCC(=O)Nc2ccccc2SC)c1C. The minimum Gasteiger partial charge on any atom is -0.462 e. The van der Waals surface area contributed by atoms with Crippen molar-refractivity contribution in [2.75, 3.05) is 24.8 Å². The normalized spacial score (nSPS) is 10.4. The summed E-state index contributed by atoms with van der Waals surface area (Å²) in [5.74, 6) is -1.41. The molecule has 0 bridgehead atoms. The topological polar surface area (TPSA) is 86.6 Å². The highest BCUT2D eigenvalue weighted by atomic mass is 32.2. The van der Waals surface area contributed by atoms with Gasteiger partial charge in [0, 0.05) is 16.3 Å². The molecule has 0 aliphatic rings. The van der Waals surface area contributed by atoms with E-state index in [1.807, 2.05) is 24.5 Å². The number of thioether (sulfide) groups is 1. The molecule has 0 aliphatic carbocycles. The molecule has 1 amide bonds. The van der Waals surface area contributed by atoms with Crippen molar-refractivity contribution in [3.63, 3.8) is 0 Å². The molecule has 1 aromatic heterocycles. The minimum absolute atomic E-state index is 0.0915. The zero-order valence-electron chi connectivity index (χ0n) is 16.4. The van der Waals surface area contributed by atoms with E-state index in [0.717, 1.165) is 10.6 Å². The molecule has 1 heterocycles. The first-order valence-electron chi connectivity index (χ1n) is 8.79. The second kappa shape index (κ2) is 9.98. The van der Waals surface area contributed by atoms with Crippen LogP contribution in [0, 0.1) is 13.8 Å². The Bertz CT molecular complexity index is 875. The van der Waals surface area contributed by atoms with E-state index in [1.165, 1.54) is 11.8 Å². The molecule has 0 aliphatic heterocycles. The van der Waals surface area contributed by atoms with E-state index in [9.17, 15) is 14.4 Å². The molecule has 1 aromatic carbocycles. The fraction of sp³-hybridized carbons (Fsp3) is 0.350. The van der Waals surface area contributed by atoms with Crippen molar-refractivity contribution in [3.8, 4) is 0 Å². The lowest BCUT2D eigenvalue weighted by atomic mass is 10.2. The Kier molecular flexibility index (Phi) is 7.69. The van der Waals surface area contributed by atoms with Gasteiger partial charge in [-0.2, -0.15) is 0 Å². The monoisotopic (exact) mass is 404 g/mol. The standard InChI is InChI=1S/C20H24N2O5S/c1-5-26-20(25)15-10-13(2)22(14(15)3)11-19(24)27-12-18(23)21-16-8-6-7-9-17(16)28-4/h6-10H,5,11-12H2,1-4H3,(H,21,23). The van der Waals surface area contributed by atoms with Crippen LogP contribution in [0.1, 0.15) is 28.7 Å². The number of hydrogen-bond donors (Lipinski definition) is 1. The van der Waals surface area contributed by atoms with E-state index in [4.69, 9.17) is 9.47 Å². The lowest BCUT2D eigenvalue weighted by Crippen LogP contribution is -2.23. The molecule has 7 nitrogen and oxygen atoms in total. The summed E-state index contributed by atoms with van der Waals surface area (Å²) >= 11 is 1.51. The fourth-order valence-electron chi connectivity index (χ4n) is 2.71. The molecule has 0 unspecified atom stereocenters. The van der Waals surface area contributed by atoms with Crippen LogP contribution < -0.4 is 5.32 Å². The largest absolute Gasteiger partial charge is 0.462 e. The third-order valence-electron chi connectivity index (χ3n) is 4.10. The smallest absolute Gasteiger partial charge is 0.339 e. The molecule has 0 saturated carbocycles. The number of ether oxygens (including phenoxy) is 2. The summed E-state index contributed by atoms with van der Waals surface area (Å²) in [7, 11) is 0. The third-order valence-corrected chi connectivity index (χ3v) is 4.90. The predicted octanol–water partition coefficient (Wildman–Crippen LogP) is 3.19. The molecule has 0 radical (unpaired) electrons. The predicted molar refractivity (Wildman–Crippen MR) is 108 cm³/mol. The van der Waals surface area contributed by atoms with E-state index in [0.29, 0.717) is 16.9 Å². The molecule has 2 rings (SSSR count). The van der Waals surface area contributed by atoms with E-state index < -0.39 is 17.8 Å². The molecule has 8 heteroatoms. The summed E-state index contributed by atoms with van der Waals surface area (Å²) in [6, 6.07) is 9.06. The molecule has 2 aromatic rings. The lowest BCUT2D eigenvalue weighted by Gasteiger charge is -2.11. The van der Waals surface area contributed by atoms with Gasteiger partial charge in [-0.3, -0.25) is 9.59 Å². The van der Waals surface area contributed by atoms with Gasteiger partial charge in [0.25, 0.3) is 5.91 Å². The second-order valence-electron chi connectivity index (χ2n) is 6.00. The number of nitrogens with zero attached hydrogens (tertiary/aromatic N) is 1. The number of rotatable bonds is 8. The number of aromatic nitrogens is 1. The number of para-hydroxylation sites is 1. The molecule has 1 N–H and O–H groups in total. The second-order valence-corrected chi connectivity index (χ2v) is 6.85. The quantitative estimate of drug-likeness (QED) is 0.537. The van der Waals surface area contributed by atoms with Crippen LogP contribution in [0.15, 0.2) is 35.2 Å². The van der Waals surface area contributed by atoms with Crippen molar-refractivity contribution in [1.82, 2.24) is 4.57 Å². The molecule has 0 spiro atoms. The summed E-state index contributed by atoms with van der Waals surface area (Å²) in [6.07, 6.45) is 1.91. The Morgan fingerprint density at radius 1 is 1.14 bits per heavy atom. The van der Waals surface area contributed by atoms with Gasteiger partial charge in [-0.15, -0.1) is 11.8 Å². The van der Waals surface area contributed by atoms with E-state index in [2.05, 4.69) is 5.32 Å². The van der Waals surface area contributed by atoms with Crippen molar-refractivity contribution in [1.29, 1.82) is 0 Å². The lowest BCUT2D eigenvalue weighted by molar-refractivity contribution is -0.147. The first-order valence-corrected chi connectivity index (χ1v) is 10.0. The van der Waals surface area contributed by atoms with Crippen LogP contribution in [-0.2, 0) is 25.6 Å². The van der Waals surface area contributed by atoms with E-state index in [-0.39, 0.29) is 19.8 Å². The van der Waals surface area contributed by atoms with Crippen LogP contribution in [0.4, 0.5) is 5.69 Å². The first kappa shape index (κ1) is 21.6. The highest BCUT2D eigenvalue weighted by Crippen LogP contribution is 2.24. The third kappa shape index (κ3) is 5.39. The van der Waals surface area contributed by atoms with Crippen molar-refractivity contribution in [3.05, 3.63) is 47.3 Å². The van der Waals surface area contributed by atoms with Gasteiger partial charge in [0.2, 0.25) is 0 Å². The Labute approximate surface area is 168 Å². The zero-order valence-corrected chi connectivity index (χ0v) is 17.2. The van der Waals surface area contributed by atoms with Crippen molar-refractivity contribution < 1.29 is 23.9 Å². The summed E-state index contributed by atoms with van der Waals surface area (Å²) in [4.78, 5) is 37.1. The van der Waals surface area contributed by atoms with Crippen LogP contribution in [0.5, 0.6) is 0 Å². The molecular weight excluding hydrogens is 380 g/mol. The van der Waals surface area contributed by atoms with Gasteiger partial charge in [-0.25, -0.2) is 4.79 Å². The number of hydrogen-bond acceptors (Lipinski definition) is 6. The number of carbonyl (C=O) groups is 3. The Morgan fingerprint density at radius 3 is 2.54 bits per heavy atom. The van der Waals surface area contributed by atoms with Gasteiger partial charge in [-0.1, -0.05) is 12.1 Å².